The van der Waals surface area contributed by atoms with E-state index in [2.05, 4.69) is 5.32 Å². The fraction of sp³-hybridized carbons (Fsp3) is 0.120. The molecule has 6 nitrogen and oxygen atoms in total. The van der Waals surface area contributed by atoms with Crippen LogP contribution in [0.2, 0.25) is 0 Å². The summed E-state index contributed by atoms with van der Waals surface area (Å²) in [6.45, 7) is 0.0182. The van der Waals surface area contributed by atoms with Gasteiger partial charge in [-0.05, 0) is 48.0 Å². The van der Waals surface area contributed by atoms with E-state index in [1.807, 2.05) is 0 Å². The van der Waals surface area contributed by atoms with Gasteiger partial charge in [0.25, 0.3) is 11.8 Å². The van der Waals surface area contributed by atoms with Crippen LogP contribution in [-0.4, -0.2) is 30.9 Å². The van der Waals surface area contributed by atoms with Gasteiger partial charge in [-0.3, -0.25) is 14.5 Å². The van der Waals surface area contributed by atoms with E-state index in [0.29, 0.717) is 28.3 Å². The van der Waals surface area contributed by atoms with Gasteiger partial charge in [0.05, 0.1) is 26.3 Å². The Bertz CT molecular complexity index is 1190. The summed E-state index contributed by atoms with van der Waals surface area (Å²) in [4.78, 5) is 27.9. The molecule has 0 unspecified atom stereocenters. The number of carbonyl (C=O) groups is 2. The van der Waals surface area contributed by atoms with Gasteiger partial charge in [0.15, 0.2) is 0 Å². The first-order chi connectivity index (χ1) is 15.5. The van der Waals surface area contributed by atoms with E-state index in [1.54, 1.807) is 67.8 Å². The van der Waals surface area contributed by atoms with Crippen molar-refractivity contribution in [3.8, 4) is 11.5 Å². The Morgan fingerprint density at radius 2 is 1.53 bits per heavy atom. The van der Waals surface area contributed by atoms with Crippen LogP contribution < -0.4 is 14.8 Å². The van der Waals surface area contributed by atoms with E-state index in [0.717, 1.165) is 4.90 Å². The second-order valence-electron chi connectivity index (χ2n) is 7.13. The van der Waals surface area contributed by atoms with Crippen molar-refractivity contribution in [1.29, 1.82) is 0 Å². The number of hydrogen-bond donors (Lipinski definition) is 1. The maximum absolute atomic E-state index is 13.4. The Morgan fingerprint density at radius 3 is 2.19 bits per heavy atom. The van der Waals surface area contributed by atoms with Gasteiger partial charge in [-0.2, -0.15) is 0 Å². The minimum Gasteiger partial charge on any atom is -0.497 e. The Labute approximate surface area is 184 Å². The number of para-hydroxylation sites is 1. The first kappa shape index (κ1) is 21.1. The number of anilines is 1. The van der Waals surface area contributed by atoms with Gasteiger partial charge in [-0.1, -0.05) is 30.3 Å². The van der Waals surface area contributed by atoms with Crippen LogP contribution >= 0.6 is 0 Å². The van der Waals surface area contributed by atoms with Crippen molar-refractivity contribution >= 4 is 23.1 Å². The van der Waals surface area contributed by atoms with Crippen LogP contribution in [0.1, 0.15) is 11.1 Å². The molecule has 0 radical (unpaired) electrons. The molecule has 0 bridgehead atoms. The standard InChI is InChI=1S/C25H21FN2O4/c1-31-19-13-11-18(12-14-19)27-23-22(20-5-3-4-6-21(20)32-2)24(29)28(25(23)30)15-16-7-9-17(26)10-8-16/h3-14,27H,15H2,1-2H3. The molecule has 2 amide bonds. The lowest BCUT2D eigenvalue weighted by Crippen LogP contribution is -2.32. The maximum atomic E-state index is 13.4. The zero-order valence-corrected chi connectivity index (χ0v) is 17.6. The highest BCUT2D eigenvalue weighted by molar-refractivity contribution is 6.36. The number of amides is 2. The fourth-order valence-corrected chi connectivity index (χ4v) is 3.53. The van der Waals surface area contributed by atoms with E-state index in [4.69, 9.17) is 9.47 Å². The van der Waals surface area contributed by atoms with Crippen LogP contribution in [0.5, 0.6) is 11.5 Å². The van der Waals surface area contributed by atoms with Crippen molar-refractivity contribution < 1.29 is 23.5 Å². The van der Waals surface area contributed by atoms with Gasteiger partial charge in [0.1, 0.15) is 23.0 Å². The molecule has 4 rings (SSSR count). The molecule has 0 aromatic heterocycles. The molecule has 3 aromatic rings. The molecule has 0 atom stereocenters. The topological polar surface area (TPSA) is 67.9 Å². The minimum atomic E-state index is -0.476. The Kier molecular flexibility index (Phi) is 5.89. The molecule has 0 saturated carbocycles. The van der Waals surface area contributed by atoms with Crippen molar-refractivity contribution in [2.24, 2.45) is 0 Å². The van der Waals surface area contributed by atoms with Gasteiger partial charge in [0, 0.05) is 11.3 Å². The summed E-state index contributed by atoms with van der Waals surface area (Å²) in [7, 11) is 3.07. The summed E-state index contributed by atoms with van der Waals surface area (Å²) < 4.78 is 23.9. The summed E-state index contributed by atoms with van der Waals surface area (Å²) in [5.74, 6) is -0.180. The zero-order chi connectivity index (χ0) is 22.7. The van der Waals surface area contributed by atoms with Crippen LogP contribution in [0.3, 0.4) is 0 Å². The third-order valence-corrected chi connectivity index (χ3v) is 5.16. The van der Waals surface area contributed by atoms with Crippen LogP contribution in [0.25, 0.3) is 5.57 Å². The second-order valence-corrected chi connectivity index (χ2v) is 7.13. The number of rotatable bonds is 7. The smallest absolute Gasteiger partial charge is 0.278 e. The molecule has 1 N–H and O–H groups in total. The lowest BCUT2D eigenvalue weighted by Gasteiger charge is -2.15. The first-order valence-electron chi connectivity index (χ1n) is 9.91. The van der Waals surface area contributed by atoms with Gasteiger partial charge in [-0.15, -0.1) is 0 Å². The number of carbonyl (C=O) groups excluding carboxylic acids is 2. The van der Waals surface area contributed by atoms with Gasteiger partial charge in [0.2, 0.25) is 0 Å². The molecule has 0 aliphatic carbocycles. The molecule has 162 valence electrons. The first-order valence-corrected chi connectivity index (χ1v) is 9.91. The summed E-state index contributed by atoms with van der Waals surface area (Å²) >= 11 is 0. The van der Waals surface area contributed by atoms with Gasteiger partial charge < -0.3 is 14.8 Å². The van der Waals surface area contributed by atoms with E-state index >= 15 is 0 Å². The quantitative estimate of drug-likeness (QED) is 0.566. The molecule has 0 fully saturated rings. The predicted octanol–water partition coefficient (Wildman–Crippen LogP) is 4.24. The average molecular weight is 432 g/mol. The number of nitrogens with zero attached hydrogens (tertiary/aromatic N) is 1. The SMILES string of the molecule is COc1ccc(NC2=C(c3ccccc3OC)C(=O)N(Cc3ccc(F)cc3)C2=O)cc1. The van der Waals surface area contributed by atoms with Crippen molar-refractivity contribution in [2.45, 2.75) is 6.54 Å². The Morgan fingerprint density at radius 1 is 0.844 bits per heavy atom. The minimum absolute atomic E-state index is 0.0182. The molecular formula is C25H21FN2O4. The molecule has 1 aliphatic rings. The number of ether oxygens (including phenoxy) is 2. The Hall–Kier alpha value is -4.13. The zero-order valence-electron chi connectivity index (χ0n) is 17.6. The molecule has 32 heavy (non-hydrogen) atoms. The summed E-state index contributed by atoms with van der Waals surface area (Å²) in [5.41, 5.74) is 2.12. The highest BCUT2D eigenvalue weighted by Crippen LogP contribution is 2.36. The van der Waals surface area contributed by atoms with E-state index in [1.165, 1.54) is 19.2 Å². The van der Waals surface area contributed by atoms with E-state index in [-0.39, 0.29) is 23.6 Å². The maximum Gasteiger partial charge on any atom is 0.278 e. The average Bonchev–Trinajstić information content (AvgIpc) is 3.05. The second kappa shape index (κ2) is 8.93. The summed E-state index contributed by atoms with van der Waals surface area (Å²) in [6.07, 6.45) is 0. The number of hydrogen-bond acceptors (Lipinski definition) is 5. The normalized spacial score (nSPS) is 13.5. The number of methoxy groups -OCH3 is 2. The molecule has 7 heteroatoms. The summed E-state index contributed by atoms with van der Waals surface area (Å²) in [6, 6.07) is 19.7. The monoisotopic (exact) mass is 432 g/mol. The third kappa shape index (κ3) is 4.05. The lowest BCUT2D eigenvalue weighted by atomic mass is 10.0. The number of halogens is 1. The number of benzene rings is 3. The third-order valence-electron chi connectivity index (χ3n) is 5.16. The largest absolute Gasteiger partial charge is 0.497 e. The highest BCUT2D eigenvalue weighted by atomic mass is 19.1. The highest BCUT2D eigenvalue weighted by Gasteiger charge is 2.40. The van der Waals surface area contributed by atoms with Crippen LogP contribution in [0.4, 0.5) is 10.1 Å². The van der Waals surface area contributed by atoms with Gasteiger partial charge in [-0.25, -0.2) is 4.39 Å². The van der Waals surface area contributed by atoms with Crippen molar-refractivity contribution in [3.63, 3.8) is 0 Å². The number of imide groups is 1. The van der Waals surface area contributed by atoms with Gasteiger partial charge >= 0.3 is 0 Å². The van der Waals surface area contributed by atoms with E-state index in [9.17, 15) is 14.0 Å². The summed E-state index contributed by atoms with van der Waals surface area (Å²) in [5, 5.41) is 3.09. The van der Waals surface area contributed by atoms with E-state index < -0.39 is 11.8 Å². The van der Waals surface area contributed by atoms with Crippen LogP contribution in [0.15, 0.2) is 78.5 Å². The molecule has 1 aliphatic heterocycles. The van der Waals surface area contributed by atoms with Crippen LogP contribution in [-0.2, 0) is 16.1 Å². The molecule has 0 spiro atoms. The molecular weight excluding hydrogens is 411 g/mol. The molecule has 3 aromatic carbocycles. The molecule has 1 heterocycles. The lowest BCUT2D eigenvalue weighted by molar-refractivity contribution is -0.137. The fourth-order valence-electron chi connectivity index (χ4n) is 3.53. The predicted molar refractivity (Wildman–Crippen MR) is 118 cm³/mol. The van der Waals surface area contributed by atoms with Crippen LogP contribution in [0, 0.1) is 5.82 Å². The number of nitrogens with one attached hydrogen (secondary N) is 1. The van der Waals surface area contributed by atoms with Crippen molar-refractivity contribution in [1.82, 2.24) is 4.90 Å². The van der Waals surface area contributed by atoms with Crippen molar-refractivity contribution in [3.05, 3.63) is 95.4 Å². The molecule has 0 saturated heterocycles. The Balaban J connectivity index is 1.75. The van der Waals surface area contributed by atoms with Crippen molar-refractivity contribution in [2.75, 3.05) is 19.5 Å².